The number of carbonyl (C=O) groups is 2. The number of hydrogen-bond donors (Lipinski definition) is 1. The van der Waals surface area contributed by atoms with E-state index >= 15 is 0 Å². The van der Waals surface area contributed by atoms with Crippen molar-refractivity contribution in [2.45, 2.75) is 92.0 Å². The van der Waals surface area contributed by atoms with Gasteiger partial charge in [-0.05, 0) is 69.8 Å². The van der Waals surface area contributed by atoms with Gasteiger partial charge in [0, 0.05) is 12.3 Å². The zero-order valence-electron chi connectivity index (χ0n) is 20.0. The van der Waals surface area contributed by atoms with Crippen molar-refractivity contribution >= 4 is 11.9 Å². The summed E-state index contributed by atoms with van der Waals surface area (Å²) in [5.41, 5.74) is 0.780. The standard InChI is InChI=1S/C26H40O5/c1-7-26(5,6)25(29)31-22-13-15(2)12-18-9-8-16(3)20(23(18)22)11-10-19-14-21(27)17(4)24(28)30-19/h8-9,12,15-17,19-23,27H,7,10-11,13-14H2,1-6H3/t15-,16-,17-,19?,20?,21+,22-,23?/m0/s1. The quantitative estimate of drug-likeness (QED) is 0.609. The third-order valence-electron chi connectivity index (χ3n) is 7.85. The number of esters is 2. The Hall–Kier alpha value is -1.62. The lowest BCUT2D eigenvalue weighted by Crippen LogP contribution is -2.43. The number of fused-ring (bicyclic) bond motifs is 1. The fourth-order valence-corrected chi connectivity index (χ4v) is 5.17. The summed E-state index contributed by atoms with van der Waals surface area (Å²) in [4.78, 5) is 24.9. The summed E-state index contributed by atoms with van der Waals surface area (Å²) in [5, 5.41) is 10.2. The molecule has 3 unspecified atom stereocenters. The van der Waals surface area contributed by atoms with E-state index in [9.17, 15) is 14.7 Å². The van der Waals surface area contributed by atoms with Crippen LogP contribution in [0.4, 0.5) is 0 Å². The first-order chi connectivity index (χ1) is 14.5. The highest BCUT2D eigenvalue weighted by atomic mass is 16.6. The van der Waals surface area contributed by atoms with E-state index in [4.69, 9.17) is 9.47 Å². The molecule has 3 rings (SSSR count). The van der Waals surface area contributed by atoms with E-state index in [1.807, 2.05) is 20.8 Å². The van der Waals surface area contributed by atoms with Gasteiger partial charge in [0.05, 0.1) is 17.4 Å². The SMILES string of the molecule is CCC(C)(C)C(=O)O[C@H]1C[C@@H](C)C=C2C=C[C@H](C)C(CCC3C[C@@H](O)[C@H](C)C(=O)O3)C21. The van der Waals surface area contributed by atoms with Crippen molar-refractivity contribution in [2.75, 3.05) is 0 Å². The van der Waals surface area contributed by atoms with E-state index in [0.29, 0.717) is 24.2 Å². The molecule has 5 nitrogen and oxygen atoms in total. The van der Waals surface area contributed by atoms with Crippen molar-refractivity contribution in [3.63, 3.8) is 0 Å². The number of aliphatic hydroxyl groups excluding tert-OH is 1. The summed E-state index contributed by atoms with van der Waals surface area (Å²) in [6.45, 7) is 12.0. The Balaban J connectivity index is 1.76. The highest BCUT2D eigenvalue weighted by molar-refractivity contribution is 5.76. The second-order valence-electron chi connectivity index (χ2n) is 10.7. The normalized spacial score (nSPS) is 38.2. The first-order valence-electron chi connectivity index (χ1n) is 12.0. The lowest BCUT2D eigenvalue weighted by Gasteiger charge is -2.44. The molecule has 1 aliphatic heterocycles. The Morgan fingerprint density at radius 1 is 1.23 bits per heavy atom. The van der Waals surface area contributed by atoms with Gasteiger partial charge in [0.2, 0.25) is 0 Å². The predicted molar refractivity (Wildman–Crippen MR) is 120 cm³/mol. The van der Waals surface area contributed by atoms with Crippen LogP contribution in [0.2, 0.25) is 0 Å². The highest BCUT2D eigenvalue weighted by Crippen LogP contribution is 2.45. The van der Waals surface area contributed by atoms with Crippen LogP contribution in [0.1, 0.15) is 73.6 Å². The van der Waals surface area contributed by atoms with Gasteiger partial charge in [-0.25, -0.2) is 0 Å². The number of cyclic esters (lactones) is 1. The molecule has 2 aliphatic carbocycles. The van der Waals surface area contributed by atoms with Crippen LogP contribution in [0.15, 0.2) is 23.8 Å². The molecule has 0 aromatic heterocycles. The molecule has 1 saturated heterocycles. The second-order valence-corrected chi connectivity index (χ2v) is 10.7. The van der Waals surface area contributed by atoms with E-state index in [-0.39, 0.29) is 30.1 Å². The summed E-state index contributed by atoms with van der Waals surface area (Å²) < 4.78 is 11.7. The van der Waals surface area contributed by atoms with Crippen molar-refractivity contribution < 1.29 is 24.2 Å². The third-order valence-corrected chi connectivity index (χ3v) is 7.85. The van der Waals surface area contributed by atoms with E-state index in [1.165, 1.54) is 5.57 Å². The summed E-state index contributed by atoms with van der Waals surface area (Å²) in [6, 6.07) is 0. The fourth-order valence-electron chi connectivity index (χ4n) is 5.17. The van der Waals surface area contributed by atoms with Crippen molar-refractivity contribution in [2.24, 2.45) is 35.0 Å². The van der Waals surface area contributed by atoms with Crippen molar-refractivity contribution in [3.05, 3.63) is 23.8 Å². The molecule has 0 saturated carbocycles. The molecule has 0 bridgehead atoms. The largest absolute Gasteiger partial charge is 0.462 e. The van der Waals surface area contributed by atoms with Crippen LogP contribution in [0.5, 0.6) is 0 Å². The number of ether oxygens (including phenoxy) is 2. The van der Waals surface area contributed by atoms with Gasteiger partial charge in [-0.1, -0.05) is 39.0 Å². The maximum atomic E-state index is 12.9. The maximum absolute atomic E-state index is 12.9. The van der Waals surface area contributed by atoms with Gasteiger partial charge >= 0.3 is 11.9 Å². The minimum atomic E-state index is -0.633. The molecule has 0 spiro atoms. The number of rotatable bonds is 6. The number of carbonyl (C=O) groups excluding carboxylic acids is 2. The molecule has 1 N–H and O–H groups in total. The van der Waals surface area contributed by atoms with Crippen LogP contribution < -0.4 is 0 Å². The first kappa shape index (κ1) is 24.0. The monoisotopic (exact) mass is 432 g/mol. The lowest BCUT2D eigenvalue weighted by molar-refractivity contribution is -0.170. The Bertz CT molecular complexity index is 736. The molecular weight excluding hydrogens is 392 g/mol. The van der Waals surface area contributed by atoms with Crippen LogP contribution in [-0.4, -0.2) is 35.4 Å². The Morgan fingerprint density at radius 3 is 2.58 bits per heavy atom. The van der Waals surface area contributed by atoms with E-state index in [0.717, 1.165) is 25.7 Å². The van der Waals surface area contributed by atoms with Crippen molar-refractivity contribution in [3.8, 4) is 0 Å². The average Bonchev–Trinajstić information content (AvgIpc) is 2.71. The topological polar surface area (TPSA) is 72.8 Å². The lowest BCUT2D eigenvalue weighted by atomic mass is 9.65. The molecule has 8 atom stereocenters. The third kappa shape index (κ3) is 5.24. The van der Waals surface area contributed by atoms with Gasteiger partial charge in [-0.15, -0.1) is 0 Å². The minimum Gasteiger partial charge on any atom is -0.462 e. The zero-order valence-corrected chi connectivity index (χ0v) is 20.0. The van der Waals surface area contributed by atoms with Crippen LogP contribution in [-0.2, 0) is 19.1 Å². The Labute approximate surface area is 187 Å². The van der Waals surface area contributed by atoms with Gasteiger partial charge in [-0.2, -0.15) is 0 Å². The summed E-state index contributed by atoms with van der Waals surface area (Å²) >= 11 is 0. The van der Waals surface area contributed by atoms with E-state index in [2.05, 4.69) is 32.1 Å². The number of hydrogen-bond acceptors (Lipinski definition) is 5. The smallest absolute Gasteiger partial charge is 0.311 e. The minimum absolute atomic E-state index is 0.118. The van der Waals surface area contributed by atoms with Crippen LogP contribution in [0.25, 0.3) is 0 Å². The van der Waals surface area contributed by atoms with E-state index < -0.39 is 17.4 Å². The van der Waals surface area contributed by atoms with E-state index in [1.54, 1.807) is 6.92 Å². The molecule has 0 aromatic rings. The van der Waals surface area contributed by atoms with Crippen molar-refractivity contribution in [1.82, 2.24) is 0 Å². The Kier molecular flexibility index (Phi) is 7.35. The molecule has 31 heavy (non-hydrogen) atoms. The molecule has 0 aromatic carbocycles. The van der Waals surface area contributed by atoms with Crippen LogP contribution >= 0.6 is 0 Å². The highest BCUT2D eigenvalue weighted by Gasteiger charge is 2.43. The van der Waals surface area contributed by atoms with Gasteiger partial charge < -0.3 is 14.6 Å². The summed E-state index contributed by atoms with van der Waals surface area (Å²) in [5.74, 6) is 0.307. The second kappa shape index (κ2) is 9.48. The number of allylic oxidation sites excluding steroid dienone is 3. The average molecular weight is 433 g/mol. The zero-order chi connectivity index (χ0) is 22.9. The molecule has 3 aliphatic rings. The maximum Gasteiger partial charge on any atom is 0.311 e. The summed E-state index contributed by atoms with van der Waals surface area (Å²) in [6.07, 6.45) is 9.44. The summed E-state index contributed by atoms with van der Waals surface area (Å²) in [7, 11) is 0. The van der Waals surface area contributed by atoms with Gasteiger partial charge in [-0.3, -0.25) is 9.59 Å². The molecular formula is C26H40O5. The van der Waals surface area contributed by atoms with Crippen LogP contribution in [0, 0.1) is 35.0 Å². The molecule has 0 amide bonds. The van der Waals surface area contributed by atoms with Gasteiger partial charge in [0.1, 0.15) is 12.2 Å². The first-order valence-corrected chi connectivity index (χ1v) is 12.0. The van der Waals surface area contributed by atoms with Crippen molar-refractivity contribution in [1.29, 1.82) is 0 Å². The van der Waals surface area contributed by atoms with Crippen LogP contribution in [0.3, 0.4) is 0 Å². The van der Waals surface area contributed by atoms with Gasteiger partial charge in [0.25, 0.3) is 0 Å². The molecule has 174 valence electrons. The number of aliphatic hydroxyl groups is 1. The molecule has 1 heterocycles. The fraction of sp³-hybridized carbons (Fsp3) is 0.769. The van der Waals surface area contributed by atoms with Gasteiger partial charge in [0.15, 0.2) is 0 Å². The molecule has 0 radical (unpaired) electrons. The Morgan fingerprint density at radius 2 is 1.94 bits per heavy atom. The molecule has 1 fully saturated rings. The predicted octanol–water partition coefficient (Wildman–Crippen LogP) is 4.83. The molecule has 5 heteroatoms.